The second-order valence-electron chi connectivity index (χ2n) is 31.1. The van der Waals surface area contributed by atoms with E-state index in [9.17, 15) is 24.0 Å². The summed E-state index contributed by atoms with van der Waals surface area (Å²) in [5.41, 5.74) is 14.7. The number of benzene rings is 6. The molecule has 652 valence electrons. The molecular weight excluding hydrogens is 1610 g/mol. The molecule has 24 nitrogen and oxygen atoms in total. The summed E-state index contributed by atoms with van der Waals surface area (Å²) in [7, 11) is 2.09. The second-order valence-corrected chi connectivity index (χ2v) is 34.9. The van der Waals surface area contributed by atoms with Gasteiger partial charge in [-0.3, -0.25) is 0 Å². The molecule has 118 heavy (non-hydrogen) atoms. The zero-order valence-corrected chi connectivity index (χ0v) is 75.3. The number of azide groups is 1. The number of carbonyl (C=O) groups excluding carboxylic acids is 5. The Morgan fingerprint density at radius 3 is 1.15 bits per heavy atom. The third kappa shape index (κ3) is 41.6. The summed E-state index contributed by atoms with van der Waals surface area (Å²) >= 11 is 23.1. The molecule has 6 aromatic carbocycles. The fourth-order valence-corrected chi connectivity index (χ4v) is 16.0. The van der Waals surface area contributed by atoms with E-state index in [-0.39, 0.29) is 60.9 Å². The molecule has 4 aliphatic rings. The monoisotopic (exact) mass is 1730 g/mol. The average Bonchev–Trinajstić information content (AvgIpc) is 0.866. The summed E-state index contributed by atoms with van der Waals surface area (Å²) in [4.78, 5) is 68.4. The van der Waals surface area contributed by atoms with E-state index < -0.39 is 42.5 Å². The molecule has 0 aliphatic carbocycles. The molecule has 1 unspecified atom stereocenters. The minimum Gasteiger partial charge on any atom is -0.457 e. The van der Waals surface area contributed by atoms with Gasteiger partial charge in [0.1, 0.15) is 16.8 Å². The van der Waals surface area contributed by atoms with Crippen LogP contribution in [0.4, 0.5) is 24.0 Å². The lowest BCUT2D eigenvalue weighted by atomic mass is 9.88. The molecule has 0 aromatic heterocycles. The summed E-state index contributed by atoms with van der Waals surface area (Å²) in [6, 6.07) is 55.1. The SMILES string of the molecule is CC(C)(C)OC(=O)N1CCC[C@@H]([C@@H](OCCN)c2cccc(Cl)c2)C1.CC(C)(C)OC(=O)N1CCC[C@@H]([C@@H](OCCN=[N+]=[N-])c2cccc(Cl)c2)C1.CCN(CC)CC.COC(=O)Cl.COC(=O)NCCO[C@@H](c1cccc(Cl)c1)[C@@H]1CCCN(C(=O)OC(C)(C)C)C1.OC1CCCO1.c1ccc(P(c2ccccc2)c2ccccc2)cc1. The zero-order chi connectivity index (χ0) is 87.1. The van der Waals surface area contributed by atoms with Gasteiger partial charge in [-0.1, -0.05) is 188 Å². The zero-order valence-electron chi connectivity index (χ0n) is 71.4. The maximum Gasteiger partial charge on any atom is 0.410 e. The first-order valence-corrected chi connectivity index (χ1v) is 43.4. The first-order valence-electron chi connectivity index (χ1n) is 40.5. The minimum atomic E-state index is -0.773. The molecule has 4 amide bonds. The fraction of sp³-hybridized carbons (Fsp3) is 0.539. The van der Waals surface area contributed by atoms with E-state index in [1.54, 1.807) is 14.7 Å². The third-order valence-corrected chi connectivity index (χ3v) is 21.7. The van der Waals surface area contributed by atoms with Gasteiger partial charge >= 0.3 is 29.8 Å². The van der Waals surface area contributed by atoms with Gasteiger partial charge in [0.15, 0.2) is 6.29 Å². The van der Waals surface area contributed by atoms with Crippen molar-refractivity contribution in [2.24, 2.45) is 28.6 Å². The van der Waals surface area contributed by atoms with Crippen LogP contribution in [0.15, 0.2) is 169 Å². The Kier molecular flexibility index (Phi) is 48.9. The van der Waals surface area contributed by atoms with Crippen molar-refractivity contribution < 1.29 is 71.7 Å². The fourth-order valence-electron chi connectivity index (χ4n) is 13.1. The van der Waals surface area contributed by atoms with E-state index in [2.05, 4.69) is 153 Å². The molecule has 4 heterocycles. The summed E-state index contributed by atoms with van der Waals surface area (Å²) in [5, 5.41) is 20.8. The van der Waals surface area contributed by atoms with Gasteiger partial charge in [0.05, 0.1) is 52.4 Å². The van der Waals surface area contributed by atoms with Crippen LogP contribution in [0.2, 0.25) is 15.1 Å². The number of carbonyl (C=O) groups is 5. The van der Waals surface area contributed by atoms with E-state index in [4.69, 9.17) is 84.3 Å². The molecule has 4 saturated heterocycles. The van der Waals surface area contributed by atoms with Crippen molar-refractivity contribution in [3.05, 3.63) is 206 Å². The molecule has 0 radical (unpaired) electrons. The van der Waals surface area contributed by atoms with Crippen molar-refractivity contribution >= 4 is 100 Å². The second kappa shape index (κ2) is 56.2. The van der Waals surface area contributed by atoms with Crippen LogP contribution in [-0.2, 0) is 42.6 Å². The van der Waals surface area contributed by atoms with Crippen LogP contribution in [0.3, 0.4) is 0 Å². The van der Waals surface area contributed by atoms with Crippen molar-refractivity contribution in [2.75, 3.05) is 119 Å². The number of hydrogen-bond donors (Lipinski definition) is 3. The van der Waals surface area contributed by atoms with Gasteiger partial charge in [0.2, 0.25) is 0 Å². The summed E-state index contributed by atoms with van der Waals surface area (Å²) < 4.78 is 47.9. The number of halogens is 4. The van der Waals surface area contributed by atoms with Crippen LogP contribution in [0.5, 0.6) is 0 Å². The lowest BCUT2D eigenvalue weighted by molar-refractivity contribution is -0.0589. The van der Waals surface area contributed by atoms with Crippen molar-refractivity contribution in [1.29, 1.82) is 0 Å². The number of aliphatic hydroxyl groups is 1. The summed E-state index contributed by atoms with van der Waals surface area (Å²) in [6.45, 7) is 33.6. The van der Waals surface area contributed by atoms with Crippen LogP contribution in [-0.4, -0.2) is 197 Å². The van der Waals surface area contributed by atoms with Crippen molar-refractivity contribution in [1.82, 2.24) is 24.9 Å². The van der Waals surface area contributed by atoms with E-state index in [0.29, 0.717) is 87.2 Å². The molecular formula is C89H128Cl4N9O15P. The molecule has 4 N–H and O–H groups in total. The molecule has 0 saturated carbocycles. The topological polar surface area (TPSA) is 288 Å². The number of methoxy groups -OCH3 is 2. The van der Waals surface area contributed by atoms with Gasteiger partial charge in [-0.15, -0.1) is 0 Å². The largest absolute Gasteiger partial charge is 0.457 e. The van der Waals surface area contributed by atoms with E-state index in [0.717, 1.165) is 74.7 Å². The maximum absolute atomic E-state index is 12.5. The third-order valence-electron chi connectivity index (χ3n) is 18.4. The van der Waals surface area contributed by atoms with E-state index >= 15 is 0 Å². The molecule has 6 aromatic rings. The number of nitrogens with one attached hydrogen (secondary N) is 1. The number of amides is 4. The number of hydrogen-bond acceptors (Lipinski definition) is 18. The Hall–Kier alpha value is -7.51. The predicted molar refractivity (Wildman–Crippen MR) is 474 cm³/mol. The molecule has 7 atom stereocenters. The first-order chi connectivity index (χ1) is 56.2. The van der Waals surface area contributed by atoms with Gasteiger partial charge in [-0.25, -0.2) is 24.0 Å². The number of ether oxygens (including phenoxy) is 9. The maximum atomic E-state index is 12.5. The lowest BCUT2D eigenvalue weighted by Crippen LogP contribution is -2.44. The number of nitrogens with zero attached hydrogens (tertiary/aromatic N) is 7. The Morgan fingerprint density at radius 1 is 0.542 bits per heavy atom. The Bertz CT molecular complexity index is 3770. The van der Waals surface area contributed by atoms with Gasteiger partial charge < -0.3 is 78.4 Å². The highest BCUT2D eigenvalue weighted by Gasteiger charge is 2.37. The highest BCUT2D eigenvalue weighted by molar-refractivity contribution is 7.79. The Balaban J connectivity index is 0.000000310. The molecule has 4 aliphatic heterocycles. The standard InChI is InChI=1S/C21H31ClN2O5.C19H27ClN4O3.C19H29ClN2O3.C18H15P.C6H15N.C4H8O2.C2H3ClO2/c1-21(2,3)29-20(26)24-11-6-8-16(14-24)18(15-7-5-9-17(22)13-15)28-12-10-23-19(25)27-4;1-19(2,3)27-18(25)24-10-5-7-15(13-24)17(26-11-9-22-23-21)14-6-4-8-16(20)12-14;1-19(2,3)25-18(23)22-10-5-7-15(13-22)17(24-11-9-21)14-6-4-8-16(20)12-14;1-4-10-16(11-5-1)19(17-12-6-2-7-13-17)18-14-8-3-9-15-18;1-4-7(5-2)6-3;5-4-2-1-3-6-4;1-5-2(3)4/h5,7,9,13,16,18H,6,8,10-12,14H2,1-4H3,(H,23,25);4,6,8,12,15,17H,5,7,9-11,13H2,1-3H3;4,6,8,12,15,17H,5,7,9-11,13,21H2,1-3H3;1-15H;4-6H2,1-3H3;4-5H,1-3H2;1H3/t16-,18+;2*15-,17+;;;;/m111..../s1. The van der Waals surface area contributed by atoms with Crippen LogP contribution in [0, 0.1) is 17.8 Å². The molecule has 0 bridgehead atoms. The molecule has 4 fully saturated rings. The van der Waals surface area contributed by atoms with Crippen molar-refractivity contribution in [3.8, 4) is 0 Å². The number of rotatable bonds is 23. The number of nitrogens with two attached hydrogens (primary N) is 1. The van der Waals surface area contributed by atoms with Crippen LogP contribution < -0.4 is 27.0 Å². The highest BCUT2D eigenvalue weighted by atomic mass is 35.5. The molecule has 10 rings (SSSR count). The Labute approximate surface area is 721 Å². The van der Waals surface area contributed by atoms with E-state index in [1.165, 1.54) is 49.8 Å². The minimum absolute atomic E-state index is 0.0906. The predicted octanol–water partition coefficient (Wildman–Crippen LogP) is 19.7. The molecule has 0 spiro atoms. The van der Waals surface area contributed by atoms with Gasteiger partial charge in [-0.05, 0) is 209 Å². The summed E-state index contributed by atoms with van der Waals surface area (Å²) in [5.74, 6) is 0.384. The van der Waals surface area contributed by atoms with Crippen LogP contribution >= 0.6 is 54.3 Å². The number of piperidine rings is 3. The van der Waals surface area contributed by atoms with Gasteiger partial charge in [-0.2, -0.15) is 0 Å². The smallest absolute Gasteiger partial charge is 0.410 e. The number of alkyl carbamates (subject to hydrolysis) is 1. The van der Waals surface area contributed by atoms with Gasteiger partial charge in [0, 0.05) is 121 Å². The summed E-state index contributed by atoms with van der Waals surface area (Å²) in [6.07, 6.45) is 4.89. The molecule has 29 heteroatoms. The quantitative estimate of drug-likeness (QED) is 0.0102. The van der Waals surface area contributed by atoms with Crippen LogP contribution in [0.25, 0.3) is 10.4 Å². The normalized spacial score (nSPS) is 17.2. The van der Waals surface area contributed by atoms with E-state index in [1.807, 2.05) is 135 Å². The highest BCUT2D eigenvalue weighted by Crippen LogP contribution is 2.39. The number of aliphatic hydroxyl groups excluding tert-OH is 1. The van der Waals surface area contributed by atoms with Gasteiger partial charge in [0.25, 0.3) is 0 Å². The average molecular weight is 1740 g/mol. The Morgan fingerprint density at radius 2 is 0.890 bits per heavy atom. The van der Waals surface area contributed by atoms with Crippen molar-refractivity contribution in [2.45, 2.75) is 176 Å². The lowest BCUT2D eigenvalue weighted by Gasteiger charge is -2.37. The van der Waals surface area contributed by atoms with Crippen LogP contribution in [0.1, 0.15) is 169 Å². The van der Waals surface area contributed by atoms with Crippen molar-refractivity contribution in [3.63, 3.8) is 0 Å². The number of likely N-dealkylation sites (tertiary alicyclic amines) is 3. The first kappa shape index (κ1) is 103.